The van der Waals surface area contributed by atoms with Crippen molar-refractivity contribution >= 4 is 5.82 Å². The van der Waals surface area contributed by atoms with Crippen LogP contribution in [0.25, 0.3) is 0 Å². The molecule has 0 aromatic carbocycles. The van der Waals surface area contributed by atoms with Gasteiger partial charge in [-0.15, -0.1) is 0 Å². The quantitative estimate of drug-likeness (QED) is 0.631. The van der Waals surface area contributed by atoms with Crippen LogP contribution in [-0.2, 0) is 6.42 Å². The number of rotatable bonds is 4. The molecule has 0 atom stereocenters. The van der Waals surface area contributed by atoms with Crippen LogP contribution in [0.5, 0.6) is 0 Å². The van der Waals surface area contributed by atoms with Crippen LogP contribution in [0.3, 0.4) is 0 Å². The normalized spacial score (nSPS) is 16.0. The standard InChI is InChI=1S/C10H13F3N4/c11-10(12,13)4-3-8-15-7(6-1-2-6)5-9(16-8)17-14/h5-6H,1-4,14H2,(H,15,16,17). The molecule has 0 aliphatic heterocycles. The number of hydrogen-bond donors (Lipinski definition) is 2. The number of alkyl halides is 3. The Bertz CT molecular complexity index is 401. The van der Waals surface area contributed by atoms with Crippen molar-refractivity contribution in [2.75, 3.05) is 5.43 Å². The molecule has 94 valence electrons. The number of nitrogens with one attached hydrogen (secondary N) is 1. The summed E-state index contributed by atoms with van der Waals surface area (Å²) in [5.41, 5.74) is 3.14. The number of nitrogens with zero attached hydrogens (tertiary/aromatic N) is 2. The highest BCUT2D eigenvalue weighted by atomic mass is 19.4. The third-order valence-corrected chi connectivity index (χ3v) is 2.57. The fraction of sp³-hybridized carbons (Fsp3) is 0.600. The molecule has 3 N–H and O–H groups in total. The zero-order chi connectivity index (χ0) is 12.5. The van der Waals surface area contributed by atoms with Gasteiger partial charge in [-0.3, -0.25) is 0 Å². The minimum Gasteiger partial charge on any atom is -0.308 e. The molecule has 1 heterocycles. The molecule has 7 heteroatoms. The summed E-state index contributed by atoms with van der Waals surface area (Å²) in [6.07, 6.45) is -3.25. The van der Waals surface area contributed by atoms with Crippen molar-refractivity contribution in [1.82, 2.24) is 9.97 Å². The molecule has 0 bridgehead atoms. The third-order valence-electron chi connectivity index (χ3n) is 2.57. The third kappa shape index (κ3) is 3.55. The van der Waals surface area contributed by atoms with Gasteiger partial charge in [-0.2, -0.15) is 13.2 Å². The summed E-state index contributed by atoms with van der Waals surface area (Å²) in [5.74, 6) is 6.15. The van der Waals surface area contributed by atoms with Crippen LogP contribution >= 0.6 is 0 Å². The van der Waals surface area contributed by atoms with E-state index in [-0.39, 0.29) is 12.2 Å². The Labute approximate surface area is 96.4 Å². The van der Waals surface area contributed by atoms with E-state index in [1.165, 1.54) is 0 Å². The number of aryl methyl sites for hydroxylation is 1. The van der Waals surface area contributed by atoms with Crippen molar-refractivity contribution in [3.05, 3.63) is 17.6 Å². The van der Waals surface area contributed by atoms with E-state index in [2.05, 4.69) is 15.4 Å². The van der Waals surface area contributed by atoms with E-state index in [1.807, 2.05) is 0 Å². The van der Waals surface area contributed by atoms with Crippen LogP contribution in [-0.4, -0.2) is 16.1 Å². The maximum atomic E-state index is 12.1. The van der Waals surface area contributed by atoms with Gasteiger partial charge in [0.25, 0.3) is 0 Å². The summed E-state index contributed by atoms with van der Waals surface area (Å²) >= 11 is 0. The molecule has 0 amide bonds. The number of hydrogen-bond acceptors (Lipinski definition) is 4. The van der Waals surface area contributed by atoms with Gasteiger partial charge in [-0.05, 0) is 12.8 Å². The van der Waals surface area contributed by atoms with Gasteiger partial charge in [0.2, 0.25) is 0 Å². The first kappa shape index (κ1) is 12.1. The molecular formula is C10H13F3N4. The van der Waals surface area contributed by atoms with Crippen molar-refractivity contribution in [2.45, 2.75) is 37.8 Å². The fourth-order valence-corrected chi connectivity index (χ4v) is 1.55. The Kier molecular flexibility index (Phi) is 3.19. The van der Waals surface area contributed by atoms with Gasteiger partial charge < -0.3 is 5.43 Å². The van der Waals surface area contributed by atoms with Crippen LogP contribution in [0.1, 0.15) is 36.7 Å². The van der Waals surface area contributed by atoms with E-state index in [4.69, 9.17) is 5.84 Å². The van der Waals surface area contributed by atoms with Crippen LogP contribution in [0, 0.1) is 0 Å². The van der Waals surface area contributed by atoms with E-state index >= 15 is 0 Å². The Morgan fingerprint density at radius 3 is 2.59 bits per heavy atom. The lowest BCUT2D eigenvalue weighted by atomic mass is 10.2. The van der Waals surface area contributed by atoms with E-state index in [0.29, 0.717) is 11.7 Å². The molecule has 4 nitrogen and oxygen atoms in total. The molecule has 0 spiro atoms. The molecule has 1 aliphatic carbocycles. The van der Waals surface area contributed by atoms with Gasteiger partial charge >= 0.3 is 6.18 Å². The van der Waals surface area contributed by atoms with Gasteiger partial charge in [-0.1, -0.05) is 0 Å². The van der Waals surface area contributed by atoms with E-state index < -0.39 is 12.6 Å². The lowest BCUT2D eigenvalue weighted by Crippen LogP contribution is -2.14. The second kappa shape index (κ2) is 4.48. The second-order valence-corrected chi connectivity index (χ2v) is 4.13. The van der Waals surface area contributed by atoms with Gasteiger partial charge in [0, 0.05) is 24.1 Å². The molecule has 0 saturated heterocycles. The van der Waals surface area contributed by atoms with Crippen LogP contribution in [0.4, 0.5) is 19.0 Å². The Morgan fingerprint density at radius 2 is 2.06 bits per heavy atom. The smallest absolute Gasteiger partial charge is 0.308 e. The first-order valence-electron chi connectivity index (χ1n) is 5.39. The zero-order valence-electron chi connectivity index (χ0n) is 9.09. The molecule has 0 radical (unpaired) electrons. The maximum Gasteiger partial charge on any atom is 0.389 e. The zero-order valence-corrected chi connectivity index (χ0v) is 9.09. The first-order valence-corrected chi connectivity index (χ1v) is 5.39. The number of aromatic nitrogens is 2. The number of nitrogen functional groups attached to an aromatic ring is 1. The van der Waals surface area contributed by atoms with Crippen LogP contribution < -0.4 is 11.3 Å². The van der Waals surface area contributed by atoms with Crippen molar-refractivity contribution in [2.24, 2.45) is 5.84 Å². The van der Waals surface area contributed by atoms with Crippen LogP contribution in [0.15, 0.2) is 6.07 Å². The average Bonchev–Trinajstić information content (AvgIpc) is 3.08. The minimum atomic E-state index is -4.19. The molecule has 1 fully saturated rings. The molecule has 1 aromatic heterocycles. The van der Waals surface area contributed by atoms with E-state index in [0.717, 1.165) is 18.5 Å². The van der Waals surface area contributed by atoms with Crippen molar-refractivity contribution in [1.29, 1.82) is 0 Å². The summed E-state index contributed by atoms with van der Waals surface area (Å²) in [6.45, 7) is 0. The molecule has 17 heavy (non-hydrogen) atoms. The first-order chi connectivity index (χ1) is 7.98. The lowest BCUT2D eigenvalue weighted by Gasteiger charge is -2.08. The Morgan fingerprint density at radius 1 is 1.35 bits per heavy atom. The largest absolute Gasteiger partial charge is 0.389 e. The second-order valence-electron chi connectivity index (χ2n) is 4.13. The molecule has 1 aromatic rings. The number of nitrogens with two attached hydrogens (primary N) is 1. The van der Waals surface area contributed by atoms with Gasteiger partial charge in [0.1, 0.15) is 11.6 Å². The number of hydrazine groups is 1. The molecule has 2 rings (SSSR count). The highest BCUT2D eigenvalue weighted by Crippen LogP contribution is 2.39. The highest BCUT2D eigenvalue weighted by Gasteiger charge is 2.29. The number of halogens is 3. The van der Waals surface area contributed by atoms with E-state index in [9.17, 15) is 13.2 Å². The van der Waals surface area contributed by atoms with Gasteiger partial charge in [-0.25, -0.2) is 15.8 Å². The summed E-state index contributed by atoms with van der Waals surface area (Å²) in [7, 11) is 0. The number of anilines is 1. The van der Waals surface area contributed by atoms with Gasteiger partial charge in [0.15, 0.2) is 0 Å². The summed E-state index contributed by atoms with van der Waals surface area (Å²) in [4.78, 5) is 8.06. The molecule has 1 saturated carbocycles. The summed E-state index contributed by atoms with van der Waals surface area (Å²) in [5, 5.41) is 0. The summed E-state index contributed by atoms with van der Waals surface area (Å²) < 4.78 is 36.3. The highest BCUT2D eigenvalue weighted by molar-refractivity contribution is 5.36. The van der Waals surface area contributed by atoms with Gasteiger partial charge in [0.05, 0.1) is 6.42 Å². The maximum absolute atomic E-state index is 12.1. The molecule has 1 aliphatic rings. The Hall–Kier alpha value is -1.37. The minimum absolute atomic E-state index is 0.194. The van der Waals surface area contributed by atoms with E-state index in [1.54, 1.807) is 6.07 Å². The monoisotopic (exact) mass is 246 g/mol. The SMILES string of the molecule is NNc1cc(C2CC2)nc(CCC(F)(F)F)n1. The lowest BCUT2D eigenvalue weighted by molar-refractivity contribution is -0.134. The van der Waals surface area contributed by atoms with Crippen LogP contribution in [0.2, 0.25) is 0 Å². The predicted octanol–water partition coefficient (Wildman–Crippen LogP) is 2.13. The van der Waals surface area contributed by atoms with Crippen molar-refractivity contribution < 1.29 is 13.2 Å². The molecule has 0 unspecified atom stereocenters. The average molecular weight is 246 g/mol. The molecular weight excluding hydrogens is 233 g/mol. The summed E-state index contributed by atoms with van der Waals surface area (Å²) in [6, 6.07) is 1.69. The fourth-order valence-electron chi connectivity index (χ4n) is 1.55. The Balaban J connectivity index is 2.12. The van der Waals surface area contributed by atoms with Crippen molar-refractivity contribution in [3.8, 4) is 0 Å². The predicted molar refractivity (Wildman–Crippen MR) is 56.2 cm³/mol. The van der Waals surface area contributed by atoms with Crippen molar-refractivity contribution in [3.63, 3.8) is 0 Å². The topological polar surface area (TPSA) is 63.8 Å².